The Morgan fingerprint density at radius 3 is 2.94 bits per heavy atom. The van der Waals surface area contributed by atoms with Crippen molar-refractivity contribution in [1.82, 2.24) is 15.0 Å². The number of aromatic nitrogens is 3. The van der Waals surface area contributed by atoms with Gasteiger partial charge in [-0.3, -0.25) is 4.98 Å². The molecule has 0 saturated heterocycles. The number of halogens is 1. The third kappa shape index (κ3) is 1.55. The SMILES string of the molecule is Clc1cccc(-c2nc3cnccc3[nH]2)c1. The Morgan fingerprint density at radius 2 is 2.12 bits per heavy atom. The van der Waals surface area contributed by atoms with Gasteiger partial charge in [0.05, 0.1) is 11.7 Å². The van der Waals surface area contributed by atoms with Gasteiger partial charge in [0.15, 0.2) is 0 Å². The van der Waals surface area contributed by atoms with Crippen molar-refractivity contribution in [2.75, 3.05) is 0 Å². The highest BCUT2D eigenvalue weighted by Crippen LogP contribution is 2.22. The first-order valence-corrected chi connectivity index (χ1v) is 5.26. The Kier molecular flexibility index (Phi) is 2.11. The highest BCUT2D eigenvalue weighted by atomic mass is 35.5. The maximum atomic E-state index is 5.94. The molecule has 0 spiro atoms. The molecule has 78 valence electrons. The first-order valence-electron chi connectivity index (χ1n) is 4.88. The zero-order valence-electron chi connectivity index (χ0n) is 8.31. The van der Waals surface area contributed by atoms with Crippen molar-refractivity contribution < 1.29 is 0 Å². The summed E-state index contributed by atoms with van der Waals surface area (Å²) in [5, 5.41) is 0.705. The van der Waals surface area contributed by atoms with E-state index in [4.69, 9.17) is 11.6 Å². The number of rotatable bonds is 1. The summed E-state index contributed by atoms with van der Waals surface area (Å²) in [6, 6.07) is 9.50. The van der Waals surface area contributed by atoms with Gasteiger partial charge in [-0.05, 0) is 18.2 Å². The molecule has 0 saturated carbocycles. The molecule has 0 bridgehead atoms. The van der Waals surface area contributed by atoms with Crippen LogP contribution >= 0.6 is 11.6 Å². The van der Waals surface area contributed by atoms with Crippen LogP contribution in [0.15, 0.2) is 42.7 Å². The number of aromatic amines is 1. The van der Waals surface area contributed by atoms with E-state index in [9.17, 15) is 0 Å². The summed E-state index contributed by atoms with van der Waals surface area (Å²) in [5.41, 5.74) is 2.81. The van der Waals surface area contributed by atoms with Crippen LogP contribution in [0.3, 0.4) is 0 Å². The largest absolute Gasteiger partial charge is 0.338 e. The Morgan fingerprint density at radius 1 is 1.19 bits per heavy atom. The Balaban J connectivity index is 2.19. The van der Waals surface area contributed by atoms with Crippen LogP contribution in [0.5, 0.6) is 0 Å². The van der Waals surface area contributed by atoms with Crippen molar-refractivity contribution in [3.8, 4) is 11.4 Å². The zero-order valence-corrected chi connectivity index (χ0v) is 9.07. The van der Waals surface area contributed by atoms with E-state index in [0.717, 1.165) is 22.4 Å². The van der Waals surface area contributed by atoms with Crippen LogP contribution in [0.25, 0.3) is 22.4 Å². The lowest BCUT2D eigenvalue weighted by atomic mass is 10.2. The topological polar surface area (TPSA) is 41.6 Å². The van der Waals surface area contributed by atoms with Crippen molar-refractivity contribution in [3.63, 3.8) is 0 Å². The highest BCUT2D eigenvalue weighted by Gasteiger charge is 2.04. The van der Waals surface area contributed by atoms with Crippen molar-refractivity contribution in [2.45, 2.75) is 0 Å². The van der Waals surface area contributed by atoms with Gasteiger partial charge in [-0.15, -0.1) is 0 Å². The number of fused-ring (bicyclic) bond motifs is 1. The van der Waals surface area contributed by atoms with E-state index in [1.54, 1.807) is 12.4 Å². The first kappa shape index (κ1) is 9.36. The van der Waals surface area contributed by atoms with Crippen molar-refractivity contribution in [1.29, 1.82) is 0 Å². The number of benzene rings is 1. The van der Waals surface area contributed by atoms with E-state index in [0.29, 0.717) is 5.02 Å². The van der Waals surface area contributed by atoms with Crippen LogP contribution < -0.4 is 0 Å². The van der Waals surface area contributed by atoms with Crippen LogP contribution in [-0.4, -0.2) is 15.0 Å². The molecule has 3 aromatic rings. The molecule has 16 heavy (non-hydrogen) atoms. The number of H-pyrrole nitrogens is 1. The van der Waals surface area contributed by atoms with E-state index < -0.39 is 0 Å². The lowest BCUT2D eigenvalue weighted by Gasteiger charge is -1.96. The molecule has 0 radical (unpaired) electrons. The van der Waals surface area contributed by atoms with Gasteiger partial charge in [0, 0.05) is 16.8 Å². The molecule has 3 rings (SSSR count). The summed E-state index contributed by atoms with van der Waals surface area (Å²) < 4.78 is 0. The van der Waals surface area contributed by atoms with Gasteiger partial charge < -0.3 is 4.98 Å². The van der Waals surface area contributed by atoms with E-state index in [-0.39, 0.29) is 0 Å². The van der Waals surface area contributed by atoms with Crippen LogP contribution in [0.1, 0.15) is 0 Å². The van der Waals surface area contributed by atoms with E-state index in [2.05, 4.69) is 15.0 Å². The third-order valence-corrected chi connectivity index (χ3v) is 2.62. The molecule has 0 fully saturated rings. The van der Waals surface area contributed by atoms with Crippen LogP contribution in [0.4, 0.5) is 0 Å². The molecule has 0 unspecified atom stereocenters. The van der Waals surface area contributed by atoms with Gasteiger partial charge in [-0.25, -0.2) is 4.98 Å². The fourth-order valence-electron chi connectivity index (χ4n) is 1.63. The predicted octanol–water partition coefficient (Wildman–Crippen LogP) is 3.28. The molecular formula is C12H8ClN3. The maximum absolute atomic E-state index is 5.94. The summed E-state index contributed by atoms with van der Waals surface area (Å²) in [6.45, 7) is 0. The average molecular weight is 230 g/mol. The van der Waals surface area contributed by atoms with E-state index >= 15 is 0 Å². The lowest BCUT2D eigenvalue weighted by molar-refractivity contribution is 1.33. The van der Waals surface area contributed by atoms with Crippen LogP contribution in [-0.2, 0) is 0 Å². The second-order valence-corrected chi connectivity index (χ2v) is 3.93. The van der Waals surface area contributed by atoms with Gasteiger partial charge in [-0.1, -0.05) is 23.7 Å². The number of pyridine rings is 1. The minimum absolute atomic E-state index is 0.705. The number of nitrogens with one attached hydrogen (secondary N) is 1. The quantitative estimate of drug-likeness (QED) is 0.696. The highest BCUT2D eigenvalue weighted by molar-refractivity contribution is 6.30. The summed E-state index contributed by atoms with van der Waals surface area (Å²) >= 11 is 5.94. The summed E-state index contributed by atoms with van der Waals surface area (Å²) in [4.78, 5) is 11.7. The number of hydrogen-bond donors (Lipinski definition) is 1. The van der Waals surface area contributed by atoms with Crippen LogP contribution in [0.2, 0.25) is 5.02 Å². The smallest absolute Gasteiger partial charge is 0.138 e. The fourth-order valence-corrected chi connectivity index (χ4v) is 1.82. The van der Waals surface area contributed by atoms with Gasteiger partial charge in [0.25, 0.3) is 0 Å². The summed E-state index contributed by atoms with van der Waals surface area (Å²) in [5.74, 6) is 0.811. The molecule has 3 nitrogen and oxygen atoms in total. The van der Waals surface area contributed by atoms with Gasteiger partial charge in [0.2, 0.25) is 0 Å². The molecular weight excluding hydrogens is 222 g/mol. The number of nitrogens with zero attached hydrogens (tertiary/aromatic N) is 2. The monoisotopic (exact) mass is 229 g/mol. The van der Waals surface area contributed by atoms with Gasteiger partial charge in [0.1, 0.15) is 11.3 Å². The summed E-state index contributed by atoms with van der Waals surface area (Å²) in [6.07, 6.45) is 3.47. The normalized spacial score (nSPS) is 10.8. The predicted molar refractivity (Wildman–Crippen MR) is 64.3 cm³/mol. The number of imidazole rings is 1. The van der Waals surface area contributed by atoms with Crippen molar-refractivity contribution >= 4 is 22.6 Å². The molecule has 0 aliphatic rings. The minimum atomic E-state index is 0.705. The third-order valence-electron chi connectivity index (χ3n) is 2.38. The second kappa shape index (κ2) is 3.61. The minimum Gasteiger partial charge on any atom is -0.338 e. The molecule has 1 N–H and O–H groups in total. The van der Waals surface area contributed by atoms with Crippen molar-refractivity contribution in [2.24, 2.45) is 0 Å². The standard InChI is InChI=1S/C12H8ClN3/c13-9-3-1-2-8(6-9)12-15-10-4-5-14-7-11(10)16-12/h1-7H,(H,15,16). The molecule has 0 aliphatic heterocycles. The van der Waals surface area contributed by atoms with E-state index in [1.165, 1.54) is 0 Å². The number of hydrogen-bond acceptors (Lipinski definition) is 2. The van der Waals surface area contributed by atoms with Crippen LogP contribution in [0, 0.1) is 0 Å². The molecule has 2 aromatic heterocycles. The zero-order chi connectivity index (χ0) is 11.0. The van der Waals surface area contributed by atoms with E-state index in [1.807, 2.05) is 30.3 Å². The average Bonchev–Trinajstić information content (AvgIpc) is 2.72. The van der Waals surface area contributed by atoms with Gasteiger partial charge in [-0.2, -0.15) is 0 Å². The molecule has 4 heteroatoms. The summed E-state index contributed by atoms with van der Waals surface area (Å²) in [7, 11) is 0. The molecule has 0 aliphatic carbocycles. The molecule has 0 amide bonds. The molecule has 0 atom stereocenters. The fraction of sp³-hybridized carbons (Fsp3) is 0. The molecule has 1 aromatic carbocycles. The van der Waals surface area contributed by atoms with Gasteiger partial charge >= 0.3 is 0 Å². The first-order chi connectivity index (χ1) is 7.83. The lowest BCUT2D eigenvalue weighted by Crippen LogP contribution is -1.79. The Labute approximate surface area is 97.1 Å². The van der Waals surface area contributed by atoms with Crippen molar-refractivity contribution in [3.05, 3.63) is 47.7 Å². The maximum Gasteiger partial charge on any atom is 0.138 e. The Bertz CT molecular complexity index is 612. The molecule has 2 heterocycles. The Hall–Kier alpha value is -1.87. The second-order valence-electron chi connectivity index (χ2n) is 3.49.